The highest BCUT2D eigenvalue weighted by molar-refractivity contribution is 5.81. The number of nitrogens with one attached hydrogen (secondary N) is 1. The summed E-state index contributed by atoms with van der Waals surface area (Å²) in [7, 11) is 1.93. The van der Waals surface area contributed by atoms with E-state index in [0.29, 0.717) is 0 Å². The third kappa shape index (κ3) is 4.52. The minimum Gasteiger partial charge on any atom is -0.388 e. The van der Waals surface area contributed by atoms with Crippen LogP contribution in [0.25, 0.3) is 11.6 Å². The second-order valence-corrected chi connectivity index (χ2v) is 6.54. The van der Waals surface area contributed by atoms with Crippen molar-refractivity contribution in [3.05, 3.63) is 113 Å². The Kier molecular flexibility index (Phi) is 5.70. The van der Waals surface area contributed by atoms with E-state index in [1.165, 1.54) is 33.4 Å². The Morgan fingerprint density at radius 3 is 1.65 bits per heavy atom. The van der Waals surface area contributed by atoms with Crippen LogP contribution in [0.5, 0.6) is 0 Å². The summed E-state index contributed by atoms with van der Waals surface area (Å²) in [4.78, 5) is 0. The Morgan fingerprint density at radius 2 is 1.19 bits per heavy atom. The standard InChI is InChI=1S/C25H25N/c1-19-7-13-22(14-8-19)25(23-15-9-20(2)10-16-23)6-4-5-21-11-17-24(26-3)18-12-21/h4-18,26H,1-3H3. The highest BCUT2D eigenvalue weighted by Crippen LogP contribution is 2.24. The fourth-order valence-electron chi connectivity index (χ4n) is 2.84. The maximum atomic E-state index is 3.14. The van der Waals surface area contributed by atoms with Crippen LogP contribution in [0.4, 0.5) is 5.69 Å². The molecule has 0 atom stereocenters. The lowest BCUT2D eigenvalue weighted by atomic mass is 9.96. The predicted molar refractivity (Wildman–Crippen MR) is 114 cm³/mol. The average Bonchev–Trinajstić information content (AvgIpc) is 2.68. The van der Waals surface area contributed by atoms with Crippen LogP contribution >= 0.6 is 0 Å². The molecule has 0 aliphatic carbocycles. The Balaban J connectivity index is 1.93. The average molecular weight is 339 g/mol. The first-order chi connectivity index (χ1) is 12.7. The van der Waals surface area contributed by atoms with Crippen molar-refractivity contribution in [2.24, 2.45) is 0 Å². The lowest BCUT2D eigenvalue weighted by molar-refractivity contribution is 1.43. The highest BCUT2D eigenvalue weighted by Gasteiger charge is 2.04. The molecule has 0 bridgehead atoms. The quantitative estimate of drug-likeness (QED) is 0.524. The molecule has 3 rings (SSSR count). The summed E-state index contributed by atoms with van der Waals surface area (Å²) in [5, 5.41) is 3.14. The minimum atomic E-state index is 1.12. The molecule has 0 saturated heterocycles. The largest absolute Gasteiger partial charge is 0.388 e. The van der Waals surface area contributed by atoms with Crippen molar-refractivity contribution in [2.75, 3.05) is 12.4 Å². The van der Waals surface area contributed by atoms with Gasteiger partial charge in [-0.1, -0.05) is 90.0 Å². The Morgan fingerprint density at radius 1 is 0.692 bits per heavy atom. The Bertz CT molecular complexity index is 848. The van der Waals surface area contributed by atoms with Gasteiger partial charge in [-0.3, -0.25) is 0 Å². The topological polar surface area (TPSA) is 12.0 Å². The highest BCUT2D eigenvalue weighted by atomic mass is 14.8. The molecule has 130 valence electrons. The van der Waals surface area contributed by atoms with Gasteiger partial charge in [-0.2, -0.15) is 0 Å². The van der Waals surface area contributed by atoms with E-state index in [-0.39, 0.29) is 0 Å². The fourth-order valence-corrected chi connectivity index (χ4v) is 2.84. The van der Waals surface area contributed by atoms with E-state index in [0.717, 1.165) is 5.69 Å². The summed E-state index contributed by atoms with van der Waals surface area (Å²) < 4.78 is 0. The maximum Gasteiger partial charge on any atom is 0.0337 e. The van der Waals surface area contributed by atoms with Crippen LogP contribution in [-0.4, -0.2) is 7.05 Å². The van der Waals surface area contributed by atoms with E-state index in [4.69, 9.17) is 0 Å². The molecule has 0 heterocycles. The summed E-state index contributed by atoms with van der Waals surface area (Å²) >= 11 is 0. The molecule has 1 N–H and O–H groups in total. The van der Waals surface area contributed by atoms with Gasteiger partial charge in [0.15, 0.2) is 0 Å². The smallest absolute Gasteiger partial charge is 0.0337 e. The monoisotopic (exact) mass is 339 g/mol. The predicted octanol–water partition coefficient (Wildman–Crippen LogP) is 6.49. The van der Waals surface area contributed by atoms with Crippen molar-refractivity contribution in [3.63, 3.8) is 0 Å². The molecule has 0 aromatic heterocycles. The minimum absolute atomic E-state index is 1.12. The molecule has 1 heteroatoms. The lowest BCUT2D eigenvalue weighted by Gasteiger charge is -2.09. The maximum absolute atomic E-state index is 3.14. The lowest BCUT2D eigenvalue weighted by Crippen LogP contribution is -1.88. The van der Waals surface area contributed by atoms with Crippen LogP contribution in [0.15, 0.2) is 84.9 Å². The molecule has 0 spiro atoms. The van der Waals surface area contributed by atoms with Gasteiger partial charge >= 0.3 is 0 Å². The van der Waals surface area contributed by atoms with E-state index in [1.807, 2.05) is 7.05 Å². The summed E-state index contributed by atoms with van der Waals surface area (Å²) in [6.45, 7) is 4.24. The zero-order chi connectivity index (χ0) is 18.4. The van der Waals surface area contributed by atoms with Crippen molar-refractivity contribution in [3.8, 4) is 0 Å². The molecular formula is C25H25N. The fraction of sp³-hybridized carbons (Fsp3) is 0.120. The number of aryl methyl sites for hydroxylation is 2. The van der Waals surface area contributed by atoms with Crippen LogP contribution in [-0.2, 0) is 0 Å². The number of rotatable bonds is 5. The molecule has 0 radical (unpaired) electrons. The van der Waals surface area contributed by atoms with E-state index < -0.39 is 0 Å². The third-order valence-electron chi connectivity index (χ3n) is 4.48. The third-order valence-corrected chi connectivity index (χ3v) is 4.48. The first kappa shape index (κ1) is 17.8. The summed E-state index contributed by atoms with van der Waals surface area (Å²) in [5.74, 6) is 0. The Labute approximate surface area is 156 Å². The molecular weight excluding hydrogens is 314 g/mol. The summed E-state index contributed by atoms with van der Waals surface area (Å²) in [6.07, 6.45) is 6.46. The molecule has 0 saturated carbocycles. The molecule has 3 aromatic carbocycles. The zero-order valence-electron chi connectivity index (χ0n) is 15.7. The molecule has 1 nitrogen and oxygen atoms in total. The first-order valence-corrected chi connectivity index (χ1v) is 8.96. The van der Waals surface area contributed by atoms with Gasteiger partial charge in [0.1, 0.15) is 0 Å². The zero-order valence-corrected chi connectivity index (χ0v) is 15.7. The number of anilines is 1. The summed E-state index contributed by atoms with van der Waals surface area (Å²) in [6, 6.07) is 25.8. The molecule has 0 aliphatic rings. The van der Waals surface area contributed by atoms with Crippen LogP contribution in [0.1, 0.15) is 27.8 Å². The van der Waals surface area contributed by atoms with Crippen molar-refractivity contribution in [1.82, 2.24) is 0 Å². The van der Waals surface area contributed by atoms with Crippen LogP contribution in [0, 0.1) is 13.8 Å². The number of hydrogen-bond acceptors (Lipinski definition) is 1. The number of hydrogen-bond donors (Lipinski definition) is 1. The van der Waals surface area contributed by atoms with E-state index in [2.05, 4.69) is 110 Å². The molecule has 0 unspecified atom stereocenters. The van der Waals surface area contributed by atoms with Crippen molar-refractivity contribution in [2.45, 2.75) is 13.8 Å². The first-order valence-electron chi connectivity index (χ1n) is 8.96. The second kappa shape index (κ2) is 8.35. The van der Waals surface area contributed by atoms with Crippen LogP contribution in [0.3, 0.4) is 0 Å². The number of benzene rings is 3. The van der Waals surface area contributed by atoms with Gasteiger partial charge in [0, 0.05) is 12.7 Å². The molecule has 3 aromatic rings. The van der Waals surface area contributed by atoms with Crippen molar-refractivity contribution in [1.29, 1.82) is 0 Å². The van der Waals surface area contributed by atoms with Gasteiger partial charge in [-0.15, -0.1) is 0 Å². The summed E-state index contributed by atoms with van der Waals surface area (Å²) in [5.41, 5.74) is 8.55. The molecule has 0 aliphatic heterocycles. The van der Waals surface area contributed by atoms with Crippen LogP contribution in [0.2, 0.25) is 0 Å². The van der Waals surface area contributed by atoms with Crippen molar-refractivity contribution < 1.29 is 0 Å². The van der Waals surface area contributed by atoms with Gasteiger partial charge in [-0.05, 0) is 48.2 Å². The van der Waals surface area contributed by atoms with Crippen molar-refractivity contribution >= 4 is 17.3 Å². The van der Waals surface area contributed by atoms with Gasteiger partial charge in [0.2, 0.25) is 0 Å². The second-order valence-electron chi connectivity index (χ2n) is 6.54. The van der Waals surface area contributed by atoms with Gasteiger partial charge < -0.3 is 5.32 Å². The Hall–Kier alpha value is -3.06. The van der Waals surface area contributed by atoms with Gasteiger partial charge in [0.05, 0.1) is 0 Å². The molecule has 26 heavy (non-hydrogen) atoms. The van der Waals surface area contributed by atoms with E-state index >= 15 is 0 Å². The van der Waals surface area contributed by atoms with E-state index in [1.54, 1.807) is 0 Å². The van der Waals surface area contributed by atoms with E-state index in [9.17, 15) is 0 Å². The SMILES string of the molecule is CNc1ccc(C=CC=C(c2ccc(C)cc2)c2ccc(C)cc2)cc1. The molecule has 0 fully saturated rings. The number of allylic oxidation sites excluding steroid dienone is 2. The van der Waals surface area contributed by atoms with Gasteiger partial charge in [0.25, 0.3) is 0 Å². The van der Waals surface area contributed by atoms with Crippen LogP contribution < -0.4 is 5.32 Å². The normalized spacial score (nSPS) is 10.7. The van der Waals surface area contributed by atoms with Gasteiger partial charge in [-0.25, -0.2) is 0 Å². The molecule has 0 amide bonds.